The number of hydrogen-bond acceptors (Lipinski definition) is 2. The molecule has 0 bridgehead atoms. The molecule has 23 heavy (non-hydrogen) atoms. The van der Waals surface area contributed by atoms with E-state index >= 15 is 0 Å². The molecule has 2 N–H and O–H groups in total. The lowest BCUT2D eigenvalue weighted by molar-refractivity contribution is 0.141. The number of rotatable bonds is 6. The van der Waals surface area contributed by atoms with Crippen LogP contribution < -0.4 is 10.6 Å². The van der Waals surface area contributed by atoms with Crippen LogP contribution in [0.3, 0.4) is 0 Å². The summed E-state index contributed by atoms with van der Waals surface area (Å²) in [6.07, 6.45) is 5.03. The molecule has 0 saturated carbocycles. The molecule has 1 aromatic rings. The van der Waals surface area contributed by atoms with Crippen molar-refractivity contribution in [3.05, 3.63) is 35.9 Å². The van der Waals surface area contributed by atoms with Gasteiger partial charge in [0.1, 0.15) is 0 Å². The van der Waals surface area contributed by atoms with E-state index in [2.05, 4.69) is 57.8 Å². The summed E-state index contributed by atoms with van der Waals surface area (Å²) in [4.78, 5) is 6.90. The number of hydrogen-bond donors (Lipinski definition) is 2. The van der Waals surface area contributed by atoms with Gasteiger partial charge in [-0.05, 0) is 31.4 Å². The third-order valence-electron chi connectivity index (χ3n) is 4.25. The first-order valence-electron chi connectivity index (χ1n) is 8.56. The van der Waals surface area contributed by atoms with Gasteiger partial charge in [-0.2, -0.15) is 0 Å². The van der Waals surface area contributed by atoms with Crippen molar-refractivity contribution in [3.8, 4) is 0 Å². The highest BCUT2D eigenvalue weighted by Crippen LogP contribution is 2.19. The molecule has 1 aliphatic heterocycles. The fraction of sp³-hybridized carbons (Fsp3) is 0.611. The highest BCUT2D eigenvalue weighted by molar-refractivity contribution is 14.0. The van der Waals surface area contributed by atoms with Crippen LogP contribution in [0.25, 0.3) is 0 Å². The summed E-state index contributed by atoms with van der Waals surface area (Å²) in [5.74, 6) is 0.923. The van der Waals surface area contributed by atoms with E-state index in [9.17, 15) is 0 Å². The van der Waals surface area contributed by atoms with Crippen molar-refractivity contribution in [2.75, 3.05) is 26.7 Å². The zero-order valence-corrected chi connectivity index (χ0v) is 16.8. The summed E-state index contributed by atoms with van der Waals surface area (Å²) >= 11 is 0. The van der Waals surface area contributed by atoms with Crippen LogP contribution in [-0.4, -0.2) is 43.6 Å². The Kier molecular flexibility index (Phi) is 10.3. The van der Waals surface area contributed by atoms with Crippen molar-refractivity contribution in [2.24, 2.45) is 4.99 Å². The molecule has 1 aromatic carbocycles. The lowest BCUT2D eigenvalue weighted by Crippen LogP contribution is -2.48. The number of nitrogens with zero attached hydrogens (tertiary/aromatic N) is 2. The Morgan fingerprint density at radius 1 is 1.22 bits per heavy atom. The Morgan fingerprint density at radius 2 is 2.00 bits per heavy atom. The predicted octanol–water partition coefficient (Wildman–Crippen LogP) is 3.23. The maximum atomic E-state index is 4.29. The molecule has 1 aliphatic rings. The lowest BCUT2D eigenvalue weighted by Gasteiger charge is -2.36. The van der Waals surface area contributed by atoms with E-state index in [4.69, 9.17) is 0 Å². The topological polar surface area (TPSA) is 39.7 Å². The van der Waals surface area contributed by atoms with Crippen LogP contribution in [0.1, 0.15) is 38.2 Å². The highest BCUT2D eigenvalue weighted by Gasteiger charge is 2.22. The highest BCUT2D eigenvalue weighted by atomic mass is 127. The average Bonchev–Trinajstić information content (AvgIpc) is 2.57. The summed E-state index contributed by atoms with van der Waals surface area (Å²) in [5, 5.41) is 6.83. The summed E-state index contributed by atoms with van der Waals surface area (Å²) in [7, 11) is 1.84. The van der Waals surface area contributed by atoms with E-state index in [0.29, 0.717) is 6.04 Å². The Hall–Kier alpha value is -0.820. The van der Waals surface area contributed by atoms with Crippen LogP contribution in [0.15, 0.2) is 35.3 Å². The maximum absolute atomic E-state index is 4.29. The van der Waals surface area contributed by atoms with Gasteiger partial charge < -0.3 is 10.6 Å². The number of likely N-dealkylation sites (tertiary alicyclic amines) is 1. The van der Waals surface area contributed by atoms with E-state index in [1.165, 1.54) is 31.4 Å². The zero-order chi connectivity index (χ0) is 15.6. The van der Waals surface area contributed by atoms with Gasteiger partial charge in [-0.15, -0.1) is 24.0 Å². The van der Waals surface area contributed by atoms with Gasteiger partial charge in [0.25, 0.3) is 0 Å². The number of aliphatic imine (C=N–C) groups is 1. The van der Waals surface area contributed by atoms with Gasteiger partial charge in [-0.25, -0.2) is 0 Å². The molecule has 130 valence electrons. The zero-order valence-electron chi connectivity index (χ0n) is 14.4. The third kappa shape index (κ3) is 7.08. The molecule has 1 fully saturated rings. The number of piperidine rings is 1. The summed E-state index contributed by atoms with van der Waals surface area (Å²) in [6.45, 7) is 6.35. The van der Waals surface area contributed by atoms with Crippen LogP contribution in [0, 0.1) is 0 Å². The van der Waals surface area contributed by atoms with Crippen LogP contribution in [0.4, 0.5) is 0 Å². The van der Waals surface area contributed by atoms with Crippen molar-refractivity contribution in [1.82, 2.24) is 15.5 Å². The predicted molar refractivity (Wildman–Crippen MR) is 110 cm³/mol. The molecular formula is C18H31IN4. The van der Waals surface area contributed by atoms with Crippen molar-refractivity contribution < 1.29 is 0 Å². The van der Waals surface area contributed by atoms with Crippen LogP contribution >= 0.6 is 24.0 Å². The second-order valence-electron chi connectivity index (χ2n) is 5.99. The van der Waals surface area contributed by atoms with E-state index in [0.717, 1.165) is 32.0 Å². The lowest BCUT2D eigenvalue weighted by atomic mass is 10.0. The standard InChI is InChI=1S/C18H30N4.HI/c1-3-12-20-18(19-2)21-14-17-11-7-8-13-22(17)15-16-9-5-4-6-10-16;/h4-6,9-10,17H,3,7-8,11-15H2,1-2H3,(H2,19,20,21);1H. The minimum atomic E-state index is 0. The number of halogens is 1. The Labute approximate surface area is 158 Å². The summed E-state index contributed by atoms with van der Waals surface area (Å²) < 4.78 is 0. The maximum Gasteiger partial charge on any atom is 0.191 e. The number of guanidine groups is 1. The minimum absolute atomic E-state index is 0. The first kappa shape index (κ1) is 20.2. The van der Waals surface area contributed by atoms with Gasteiger partial charge >= 0.3 is 0 Å². The smallest absolute Gasteiger partial charge is 0.191 e. The third-order valence-corrected chi connectivity index (χ3v) is 4.25. The van der Waals surface area contributed by atoms with Gasteiger partial charge in [0.15, 0.2) is 5.96 Å². The Morgan fingerprint density at radius 3 is 2.70 bits per heavy atom. The first-order valence-corrected chi connectivity index (χ1v) is 8.56. The number of benzene rings is 1. The summed E-state index contributed by atoms with van der Waals surface area (Å²) in [5.41, 5.74) is 1.41. The van der Waals surface area contributed by atoms with Crippen molar-refractivity contribution in [3.63, 3.8) is 0 Å². The molecular weight excluding hydrogens is 399 g/mol. The molecule has 4 nitrogen and oxygen atoms in total. The van der Waals surface area contributed by atoms with Crippen LogP contribution in [0.2, 0.25) is 0 Å². The largest absolute Gasteiger partial charge is 0.356 e. The Bertz CT molecular complexity index is 450. The van der Waals surface area contributed by atoms with Crippen LogP contribution in [-0.2, 0) is 6.54 Å². The molecule has 0 aliphatic carbocycles. The fourth-order valence-electron chi connectivity index (χ4n) is 3.00. The van der Waals surface area contributed by atoms with Crippen molar-refractivity contribution in [1.29, 1.82) is 0 Å². The van der Waals surface area contributed by atoms with Gasteiger partial charge in [0.2, 0.25) is 0 Å². The quantitative estimate of drug-likeness (QED) is 0.414. The minimum Gasteiger partial charge on any atom is -0.356 e. The normalized spacial score (nSPS) is 19.0. The van der Waals surface area contributed by atoms with E-state index in [1.807, 2.05) is 7.05 Å². The van der Waals surface area contributed by atoms with Crippen molar-refractivity contribution >= 4 is 29.9 Å². The molecule has 1 saturated heterocycles. The van der Waals surface area contributed by atoms with Crippen LogP contribution in [0.5, 0.6) is 0 Å². The average molecular weight is 430 g/mol. The van der Waals surface area contributed by atoms with Gasteiger partial charge in [-0.3, -0.25) is 9.89 Å². The van der Waals surface area contributed by atoms with Gasteiger partial charge in [-0.1, -0.05) is 43.7 Å². The van der Waals surface area contributed by atoms with E-state index < -0.39 is 0 Å². The molecule has 0 spiro atoms. The molecule has 5 heteroatoms. The molecule has 1 atom stereocenters. The van der Waals surface area contributed by atoms with E-state index in [1.54, 1.807) is 0 Å². The van der Waals surface area contributed by atoms with Gasteiger partial charge in [0.05, 0.1) is 0 Å². The monoisotopic (exact) mass is 430 g/mol. The molecule has 0 aromatic heterocycles. The summed E-state index contributed by atoms with van der Waals surface area (Å²) in [6, 6.07) is 11.4. The first-order chi connectivity index (χ1) is 10.8. The molecule has 1 heterocycles. The number of nitrogens with one attached hydrogen (secondary N) is 2. The van der Waals surface area contributed by atoms with Gasteiger partial charge in [0, 0.05) is 32.7 Å². The molecule has 1 unspecified atom stereocenters. The van der Waals surface area contributed by atoms with Crippen molar-refractivity contribution in [2.45, 2.75) is 45.2 Å². The molecule has 0 amide bonds. The van der Waals surface area contributed by atoms with E-state index in [-0.39, 0.29) is 24.0 Å². The SMILES string of the molecule is CCCNC(=NC)NCC1CCCCN1Cc1ccccc1.I. The second-order valence-corrected chi connectivity index (χ2v) is 5.99. The molecule has 2 rings (SSSR count). The Balaban J connectivity index is 0.00000264. The fourth-order valence-corrected chi connectivity index (χ4v) is 3.00. The molecule has 0 radical (unpaired) electrons. The second kappa shape index (κ2) is 11.7.